The van der Waals surface area contributed by atoms with Gasteiger partial charge in [-0.2, -0.15) is 0 Å². The minimum absolute atomic E-state index is 0.346. The molecule has 0 amide bonds. The van der Waals surface area contributed by atoms with E-state index in [-0.39, 0.29) is 0 Å². The number of benzene rings is 1. The molecule has 96 valence electrons. The Balaban J connectivity index is 1.71. The van der Waals surface area contributed by atoms with Gasteiger partial charge in [-0.1, -0.05) is 18.2 Å². The fourth-order valence-corrected chi connectivity index (χ4v) is 3.42. The van der Waals surface area contributed by atoms with Crippen molar-refractivity contribution in [1.29, 1.82) is 0 Å². The topological polar surface area (TPSA) is 21.3 Å². The summed E-state index contributed by atoms with van der Waals surface area (Å²) in [4.78, 5) is 1.33. The molecule has 0 aliphatic heterocycles. The summed E-state index contributed by atoms with van der Waals surface area (Å²) in [7, 11) is 0. The van der Waals surface area contributed by atoms with E-state index in [9.17, 15) is 0 Å². The zero-order valence-corrected chi connectivity index (χ0v) is 12.6. The summed E-state index contributed by atoms with van der Waals surface area (Å²) in [6.45, 7) is 3.68. The maximum atomic E-state index is 5.63. The van der Waals surface area contributed by atoms with E-state index in [1.54, 1.807) is 11.3 Å². The van der Waals surface area contributed by atoms with Gasteiger partial charge < -0.3 is 10.1 Å². The van der Waals surface area contributed by atoms with Gasteiger partial charge in [-0.25, -0.2) is 0 Å². The van der Waals surface area contributed by atoms with Crippen molar-refractivity contribution < 1.29 is 4.74 Å². The number of rotatable bonds is 6. The Morgan fingerprint density at radius 1 is 1.28 bits per heavy atom. The third-order valence-corrected chi connectivity index (χ3v) is 4.66. The molecule has 2 aromatic rings. The molecule has 2 nitrogen and oxygen atoms in total. The Labute approximate surface area is 120 Å². The third-order valence-electron chi connectivity index (χ3n) is 2.60. The van der Waals surface area contributed by atoms with Crippen molar-refractivity contribution in [2.24, 2.45) is 0 Å². The van der Waals surface area contributed by atoms with Crippen LogP contribution < -0.4 is 10.1 Å². The second-order valence-electron chi connectivity index (χ2n) is 3.97. The summed E-state index contributed by atoms with van der Waals surface area (Å²) in [5, 5.41) is 5.55. The second kappa shape index (κ2) is 6.92. The second-order valence-corrected chi connectivity index (χ2v) is 5.77. The lowest BCUT2D eigenvalue weighted by Gasteiger charge is -2.13. The monoisotopic (exact) mass is 325 g/mol. The fraction of sp³-hybridized carbons (Fsp3) is 0.286. The number of hydrogen-bond donors (Lipinski definition) is 1. The normalized spacial score (nSPS) is 12.3. The average Bonchev–Trinajstić information content (AvgIpc) is 2.82. The van der Waals surface area contributed by atoms with Crippen molar-refractivity contribution in [2.75, 3.05) is 13.2 Å². The van der Waals surface area contributed by atoms with E-state index < -0.39 is 0 Å². The van der Waals surface area contributed by atoms with Crippen molar-refractivity contribution in [2.45, 2.75) is 13.0 Å². The largest absolute Gasteiger partial charge is 0.492 e. The molecule has 1 aromatic heterocycles. The highest BCUT2D eigenvalue weighted by Crippen LogP contribution is 2.28. The van der Waals surface area contributed by atoms with Crippen molar-refractivity contribution in [3.8, 4) is 5.75 Å². The molecular weight excluding hydrogens is 310 g/mol. The minimum Gasteiger partial charge on any atom is -0.492 e. The summed E-state index contributed by atoms with van der Waals surface area (Å²) < 4.78 is 6.81. The molecule has 1 heterocycles. The van der Waals surface area contributed by atoms with Crippen molar-refractivity contribution in [3.63, 3.8) is 0 Å². The summed E-state index contributed by atoms with van der Waals surface area (Å²) in [5.74, 6) is 0.921. The Kier molecular flexibility index (Phi) is 5.23. The van der Waals surface area contributed by atoms with Crippen LogP contribution >= 0.6 is 27.3 Å². The smallest absolute Gasteiger partial charge is 0.119 e. The first-order valence-electron chi connectivity index (χ1n) is 5.91. The summed E-state index contributed by atoms with van der Waals surface area (Å²) in [6, 6.07) is 12.3. The van der Waals surface area contributed by atoms with Crippen LogP contribution in [0, 0.1) is 0 Å². The zero-order chi connectivity index (χ0) is 12.8. The van der Waals surface area contributed by atoms with Crippen LogP contribution in [-0.2, 0) is 0 Å². The Hall–Kier alpha value is -0.840. The number of halogens is 1. The molecule has 0 radical (unpaired) electrons. The van der Waals surface area contributed by atoms with Gasteiger partial charge in [0.1, 0.15) is 12.4 Å². The fourth-order valence-electron chi connectivity index (χ4n) is 1.67. The highest BCUT2D eigenvalue weighted by molar-refractivity contribution is 9.10. The van der Waals surface area contributed by atoms with Gasteiger partial charge in [0.15, 0.2) is 0 Å². The molecular formula is C14H16BrNOS. The van der Waals surface area contributed by atoms with Gasteiger partial charge >= 0.3 is 0 Å². The number of thiophene rings is 1. The number of para-hydroxylation sites is 1. The van der Waals surface area contributed by atoms with Crippen LogP contribution in [0.5, 0.6) is 5.75 Å². The van der Waals surface area contributed by atoms with Crippen molar-refractivity contribution in [1.82, 2.24) is 5.32 Å². The molecule has 1 aromatic carbocycles. The van der Waals surface area contributed by atoms with Gasteiger partial charge in [0.2, 0.25) is 0 Å². The lowest BCUT2D eigenvalue weighted by molar-refractivity contribution is 0.308. The first kappa shape index (κ1) is 13.6. The van der Waals surface area contributed by atoms with E-state index in [0.717, 1.165) is 12.3 Å². The summed E-state index contributed by atoms with van der Waals surface area (Å²) in [6.07, 6.45) is 0. The Morgan fingerprint density at radius 3 is 2.72 bits per heavy atom. The molecule has 1 unspecified atom stereocenters. The van der Waals surface area contributed by atoms with E-state index in [1.807, 2.05) is 30.3 Å². The molecule has 0 aliphatic carbocycles. The molecule has 4 heteroatoms. The number of hydrogen-bond acceptors (Lipinski definition) is 3. The molecule has 0 spiro atoms. The van der Waals surface area contributed by atoms with Gasteiger partial charge in [-0.3, -0.25) is 0 Å². The molecule has 1 N–H and O–H groups in total. The maximum absolute atomic E-state index is 5.63. The first-order chi connectivity index (χ1) is 8.77. The molecule has 2 rings (SSSR count). The number of ether oxygens (including phenoxy) is 1. The highest BCUT2D eigenvalue weighted by Gasteiger charge is 2.09. The van der Waals surface area contributed by atoms with Gasteiger partial charge in [0.25, 0.3) is 0 Å². The van der Waals surface area contributed by atoms with E-state index in [2.05, 4.69) is 39.6 Å². The van der Waals surface area contributed by atoms with Crippen molar-refractivity contribution >= 4 is 27.3 Å². The maximum Gasteiger partial charge on any atom is 0.119 e. The molecule has 0 bridgehead atoms. The SMILES string of the molecule is CC(NCCOc1ccccc1)c1sccc1Br. The highest BCUT2D eigenvalue weighted by atomic mass is 79.9. The van der Waals surface area contributed by atoms with Gasteiger partial charge in [0, 0.05) is 21.9 Å². The van der Waals surface area contributed by atoms with E-state index in [1.165, 1.54) is 9.35 Å². The van der Waals surface area contributed by atoms with Crippen molar-refractivity contribution in [3.05, 3.63) is 51.1 Å². The lowest BCUT2D eigenvalue weighted by Crippen LogP contribution is -2.23. The minimum atomic E-state index is 0.346. The zero-order valence-electron chi connectivity index (χ0n) is 10.2. The molecule has 0 aliphatic rings. The molecule has 0 saturated carbocycles. The molecule has 0 fully saturated rings. The van der Waals surface area contributed by atoms with Gasteiger partial charge in [-0.15, -0.1) is 11.3 Å². The lowest BCUT2D eigenvalue weighted by atomic mass is 10.3. The van der Waals surface area contributed by atoms with E-state index in [4.69, 9.17) is 4.74 Å². The Bertz CT molecular complexity index is 472. The van der Waals surface area contributed by atoms with Crippen LogP contribution in [0.1, 0.15) is 17.8 Å². The summed E-state index contributed by atoms with van der Waals surface area (Å²) >= 11 is 5.31. The molecule has 1 atom stereocenters. The quantitative estimate of drug-likeness (QED) is 0.802. The van der Waals surface area contributed by atoms with Gasteiger partial charge in [-0.05, 0) is 46.4 Å². The average molecular weight is 326 g/mol. The van der Waals surface area contributed by atoms with Crippen LogP contribution in [0.25, 0.3) is 0 Å². The Morgan fingerprint density at radius 2 is 2.06 bits per heavy atom. The van der Waals surface area contributed by atoms with E-state index >= 15 is 0 Å². The molecule has 0 saturated heterocycles. The van der Waals surface area contributed by atoms with Crippen LogP contribution in [0.4, 0.5) is 0 Å². The predicted octanol–water partition coefficient (Wildman–Crippen LogP) is 4.24. The standard InChI is InChI=1S/C14H16BrNOS/c1-11(14-13(15)7-10-18-14)16-8-9-17-12-5-3-2-4-6-12/h2-7,10-11,16H,8-9H2,1H3. The number of nitrogens with one attached hydrogen (secondary N) is 1. The van der Waals surface area contributed by atoms with Crippen LogP contribution in [0.3, 0.4) is 0 Å². The van der Waals surface area contributed by atoms with Crippen LogP contribution in [-0.4, -0.2) is 13.2 Å². The third kappa shape index (κ3) is 3.83. The predicted molar refractivity (Wildman–Crippen MR) is 80.4 cm³/mol. The first-order valence-corrected chi connectivity index (χ1v) is 7.59. The molecule has 18 heavy (non-hydrogen) atoms. The van der Waals surface area contributed by atoms with Gasteiger partial charge in [0.05, 0.1) is 0 Å². The summed E-state index contributed by atoms with van der Waals surface area (Å²) in [5.41, 5.74) is 0. The van der Waals surface area contributed by atoms with E-state index in [0.29, 0.717) is 12.6 Å². The van der Waals surface area contributed by atoms with Crippen LogP contribution in [0.2, 0.25) is 0 Å². The van der Waals surface area contributed by atoms with Crippen LogP contribution in [0.15, 0.2) is 46.3 Å².